The number of amides is 2. The van der Waals surface area contributed by atoms with Gasteiger partial charge in [0.15, 0.2) is 0 Å². The average Bonchev–Trinajstić information content (AvgIpc) is 3.58. The van der Waals surface area contributed by atoms with Gasteiger partial charge >= 0.3 is 0 Å². The zero-order valence-electron chi connectivity index (χ0n) is 18.3. The Kier molecular flexibility index (Phi) is 4.32. The Hall–Kier alpha value is -3.39. The Balaban J connectivity index is 1.37. The third-order valence-electron chi connectivity index (χ3n) is 7.59. The van der Waals surface area contributed by atoms with E-state index in [2.05, 4.69) is 5.32 Å². The Bertz CT molecular complexity index is 1170. The van der Waals surface area contributed by atoms with E-state index in [0.717, 1.165) is 0 Å². The Labute approximate surface area is 190 Å². The standard InChI is InChI=1S/C25H24N2O6/c1-13-17(28)12-16(18-7-4-10-32-18)27-22(13)25-9-8-19(33-25)20(21(25)24(27)30)23(29)26-14-5-3-6-15(11-14)31-2/h3-11,13,16,19-22H,12H2,1-2H3,(H,26,29)/t13?,16?,19-,20?,21?,22?,25+/m1/s1. The second kappa shape index (κ2) is 7.05. The summed E-state index contributed by atoms with van der Waals surface area (Å²) < 4.78 is 17.2. The molecule has 0 saturated carbocycles. The van der Waals surface area contributed by atoms with Crippen LogP contribution in [0.2, 0.25) is 0 Å². The highest BCUT2D eigenvalue weighted by atomic mass is 16.5. The molecule has 1 spiro atoms. The van der Waals surface area contributed by atoms with Gasteiger partial charge in [-0.2, -0.15) is 0 Å². The minimum atomic E-state index is -1.00. The predicted octanol–water partition coefficient (Wildman–Crippen LogP) is 2.73. The van der Waals surface area contributed by atoms with Crippen LogP contribution in [0, 0.1) is 17.8 Å². The Morgan fingerprint density at radius 1 is 1.24 bits per heavy atom. The van der Waals surface area contributed by atoms with Crippen molar-refractivity contribution >= 4 is 23.3 Å². The molecule has 1 aromatic heterocycles. The van der Waals surface area contributed by atoms with E-state index in [0.29, 0.717) is 17.2 Å². The number of carbonyl (C=O) groups is 3. The fraction of sp³-hybridized carbons (Fsp3) is 0.400. The van der Waals surface area contributed by atoms with Crippen LogP contribution in [-0.2, 0) is 19.1 Å². The molecular formula is C25H24N2O6. The molecule has 8 nitrogen and oxygen atoms in total. The number of methoxy groups -OCH3 is 1. The number of nitrogens with one attached hydrogen (secondary N) is 1. The van der Waals surface area contributed by atoms with Crippen LogP contribution < -0.4 is 10.1 Å². The lowest BCUT2D eigenvalue weighted by Crippen LogP contribution is -2.55. The fourth-order valence-electron chi connectivity index (χ4n) is 6.19. The van der Waals surface area contributed by atoms with Crippen molar-refractivity contribution in [2.24, 2.45) is 17.8 Å². The van der Waals surface area contributed by atoms with Gasteiger partial charge in [-0.1, -0.05) is 25.1 Å². The van der Waals surface area contributed by atoms with Crippen molar-refractivity contribution in [2.75, 3.05) is 12.4 Å². The molecule has 8 heteroatoms. The quantitative estimate of drug-likeness (QED) is 0.723. The van der Waals surface area contributed by atoms with Gasteiger partial charge in [0.2, 0.25) is 11.8 Å². The van der Waals surface area contributed by atoms with E-state index in [-0.39, 0.29) is 24.0 Å². The van der Waals surface area contributed by atoms with Gasteiger partial charge in [-0.3, -0.25) is 14.4 Å². The van der Waals surface area contributed by atoms with Gasteiger partial charge in [-0.15, -0.1) is 0 Å². The van der Waals surface area contributed by atoms with Crippen LogP contribution in [0.1, 0.15) is 25.1 Å². The van der Waals surface area contributed by atoms with Crippen LogP contribution in [-0.4, -0.2) is 47.4 Å². The van der Waals surface area contributed by atoms with Crippen LogP contribution in [0.15, 0.2) is 59.2 Å². The van der Waals surface area contributed by atoms with Gasteiger partial charge < -0.3 is 24.1 Å². The molecule has 33 heavy (non-hydrogen) atoms. The Morgan fingerprint density at radius 2 is 2.09 bits per heavy atom. The molecule has 5 heterocycles. The average molecular weight is 448 g/mol. The molecule has 0 radical (unpaired) electrons. The van der Waals surface area contributed by atoms with Gasteiger partial charge in [-0.25, -0.2) is 0 Å². The van der Waals surface area contributed by atoms with E-state index < -0.39 is 41.5 Å². The van der Waals surface area contributed by atoms with Crippen molar-refractivity contribution in [3.05, 3.63) is 60.6 Å². The zero-order chi connectivity index (χ0) is 22.9. The van der Waals surface area contributed by atoms with Gasteiger partial charge in [0.1, 0.15) is 22.9 Å². The second-order valence-electron chi connectivity index (χ2n) is 9.20. The van der Waals surface area contributed by atoms with Gasteiger partial charge in [0.05, 0.1) is 43.4 Å². The lowest BCUT2D eigenvalue weighted by molar-refractivity contribution is -0.147. The number of ether oxygens (including phenoxy) is 2. The molecule has 3 fully saturated rings. The largest absolute Gasteiger partial charge is 0.497 e. The molecule has 4 aliphatic rings. The fourth-order valence-corrected chi connectivity index (χ4v) is 6.19. The van der Waals surface area contributed by atoms with Crippen LogP contribution in [0.5, 0.6) is 5.75 Å². The number of anilines is 1. The van der Waals surface area contributed by atoms with Crippen LogP contribution in [0.4, 0.5) is 5.69 Å². The lowest BCUT2D eigenvalue weighted by Gasteiger charge is -2.43. The first-order chi connectivity index (χ1) is 15.9. The number of fused-ring (bicyclic) bond motifs is 2. The first kappa shape index (κ1) is 20.2. The summed E-state index contributed by atoms with van der Waals surface area (Å²) in [5.41, 5.74) is -0.418. The number of rotatable bonds is 4. The number of piperidine rings is 1. The second-order valence-corrected chi connectivity index (χ2v) is 9.20. The summed E-state index contributed by atoms with van der Waals surface area (Å²) >= 11 is 0. The van der Waals surface area contributed by atoms with E-state index in [4.69, 9.17) is 13.9 Å². The molecular weight excluding hydrogens is 424 g/mol. The highest BCUT2D eigenvalue weighted by Crippen LogP contribution is 2.60. The molecule has 3 saturated heterocycles. The molecule has 170 valence electrons. The van der Waals surface area contributed by atoms with E-state index >= 15 is 0 Å². The van der Waals surface area contributed by atoms with Crippen LogP contribution in [0.25, 0.3) is 0 Å². The summed E-state index contributed by atoms with van der Waals surface area (Å²) in [5.74, 6) is -1.01. The number of furan rings is 1. The molecule has 2 aromatic rings. The van der Waals surface area contributed by atoms with Crippen molar-refractivity contribution in [3.63, 3.8) is 0 Å². The highest BCUT2D eigenvalue weighted by molar-refractivity contribution is 6.00. The SMILES string of the molecule is COc1cccc(NC(=O)C2C3C(=O)N4C(c5ccco5)CC(=O)C(C)C4[C@]34C=C[C@H]2O4)c1. The number of Topliss-reactive ketones (excluding diaryl/α,β-unsaturated/α-hetero) is 1. The van der Waals surface area contributed by atoms with Crippen molar-refractivity contribution in [3.8, 4) is 5.75 Å². The van der Waals surface area contributed by atoms with E-state index in [1.165, 1.54) is 0 Å². The number of nitrogens with zero attached hydrogens (tertiary/aromatic N) is 1. The first-order valence-corrected chi connectivity index (χ1v) is 11.1. The number of hydrogen-bond donors (Lipinski definition) is 1. The molecule has 1 aromatic carbocycles. The topological polar surface area (TPSA) is 98.1 Å². The molecule has 2 amide bonds. The third-order valence-corrected chi connectivity index (χ3v) is 7.59. The first-order valence-electron chi connectivity index (χ1n) is 11.1. The third kappa shape index (κ3) is 2.70. The molecule has 4 aliphatic heterocycles. The summed E-state index contributed by atoms with van der Waals surface area (Å²) in [5, 5.41) is 2.92. The summed E-state index contributed by atoms with van der Waals surface area (Å²) in [7, 11) is 1.56. The van der Waals surface area contributed by atoms with Crippen molar-refractivity contribution in [2.45, 2.75) is 37.1 Å². The van der Waals surface area contributed by atoms with Gasteiger partial charge in [0, 0.05) is 24.1 Å². The van der Waals surface area contributed by atoms with Crippen molar-refractivity contribution < 1.29 is 28.3 Å². The van der Waals surface area contributed by atoms with Crippen LogP contribution in [0.3, 0.4) is 0 Å². The Morgan fingerprint density at radius 3 is 2.85 bits per heavy atom. The maximum Gasteiger partial charge on any atom is 0.231 e. The monoisotopic (exact) mass is 448 g/mol. The van der Waals surface area contributed by atoms with Gasteiger partial charge in [0.25, 0.3) is 0 Å². The smallest absolute Gasteiger partial charge is 0.231 e. The summed E-state index contributed by atoms with van der Waals surface area (Å²) in [4.78, 5) is 42.0. The molecule has 6 rings (SSSR count). The normalized spacial score (nSPS) is 36.1. The van der Waals surface area contributed by atoms with E-state index in [1.807, 2.05) is 19.1 Å². The molecule has 1 N–H and O–H groups in total. The molecule has 5 unspecified atom stereocenters. The molecule has 7 atom stereocenters. The zero-order valence-corrected chi connectivity index (χ0v) is 18.3. The highest BCUT2D eigenvalue weighted by Gasteiger charge is 2.74. The number of benzene rings is 1. The number of hydrogen-bond acceptors (Lipinski definition) is 6. The lowest BCUT2D eigenvalue weighted by atomic mass is 9.70. The minimum absolute atomic E-state index is 0.0604. The maximum absolute atomic E-state index is 13.9. The van der Waals surface area contributed by atoms with Crippen molar-refractivity contribution in [1.29, 1.82) is 0 Å². The summed E-state index contributed by atoms with van der Waals surface area (Å²) in [6.07, 6.45) is 4.97. The minimum Gasteiger partial charge on any atom is -0.497 e. The summed E-state index contributed by atoms with van der Waals surface area (Å²) in [6.45, 7) is 1.84. The van der Waals surface area contributed by atoms with Crippen LogP contribution >= 0.6 is 0 Å². The van der Waals surface area contributed by atoms with Gasteiger partial charge in [-0.05, 0) is 24.3 Å². The maximum atomic E-state index is 13.9. The van der Waals surface area contributed by atoms with Crippen molar-refractivity contribution in [1.82, 2.24) is 4.90 Å². The van der Waals surface area contributed by atoms with E-state index in [9.17, 15) is 14.4 Å². The molecule has 0 aliphatic carbocycles. The predicted molar refractivity (Wildman–Crippen MR) is 116 cm³/mol. The number of carbonyl (C=O) groups excluding carboxylic acids is 3. The summed E-state index contributed by atoms with van der Waals surface area (Å²) in [6, 6.07) is 9.62. The van der Waals surface area contributed by atoms with E-state index in [1.54, 1.807) is 54.7 Å². The number of ketones is 1. The molecule has 2 bridgehead atoms.